The summed E-state index contributed by atoms with van der Waals surface area (Å²) >= 11 is 0. The summed E-state index contributed by atoms with van der Waals surface area (Å²) in [5.74, 6) is -0.341. The Morgan fingerprint density at radius 1 is 1.21 bits per heavy atom. The van der Waals surface area contributed by atoms with Crippen LogP contribution in [0, 0.1) is 0 Å². The molecule has 5 N–H and O–H groups in total. The van der Waals surface area contributed by atoms with Crippen LogP contribution in [0.5, 0.6) is 0 Å². The molecule has 3 aromatic rings. The molecule has 1 aromatic carbocycles. The van der Waals surface area contributed by atoms with E-state index < -0.39 is 5.91 Å². The molecule has 0 radical (unpaired) electrons. The zero-order valence-corrected chi connectivity index (χ0v) is 12.9. The molecule has 1 amide bonds. The van der Waals surface area contributed by atoms with Crippen molar-refractivity contribution in [2.45, 2.75) is 13.1 Å². The number of nitrogens with two attached hydrogens (primary N) is 2. The molecule has 0 aliphatic carbocycles. The summed E-state index contributed by atoms with van der Waals surface area (Å²) in [7, 11) is 0. The number of carbonyl (C=O) groups excluding carboxylic acids is 1. The molecule has 3 rings (SSSR count). The van der Waals surface area contributed by atoms with Gasteiger partial charge in [0.05, 0.1) is 18.4 Å². The fraction of sp³-hybridized carbons (Fsp3) is 0.125. The lowest BCUT2D eigenvalue weighted by Crippen LogP contribution is -2.16. The fourth-order valence-corrected chi connectivity index (χ4v) is 2.27. The minimum absolute atomic E-state index is 0.0842. The van der Waals surface area contributed by atoms with E-state index in [0.717, 1.165) is 11.1 Å². The Kier molecular flexibility index (Phi) is 4.48. The molecule has 0 bridgehead atoms. The van der Waals surface area contributed by atoms with Crippen molar-refractivity contribution >= 4 is 17.4 Å². The summed E-state index contributed by atoms with van der Waals surface area (Å²) in [4.78, 5) is 19.9. The first-order valence-corrected chi connectivity index (χ1v) is 7.34. The molecule has 0 saturated carbocycles. The van der Waals surface area contributed by atoms with E-state index in [9.17, 15) is 4.79 Å². The molecule has 8 nitrogen and oxygen atoms in total. The van der Waals surface area contributed by atoms with Crippen molar-refractivity contribution in [2.24, 2.45) is 5.73 Å². The lowest BCUT2D eigenvalue weighted by molar-refractivity contribution is 0.102. The van der Waals surface area contributed by atoms with Crippen LogP contribution < -0.4 is 16.8 Å². The standard InChI is InChI=1S/C16H17N7O/c17-7-11-2-1-3-12(6-11)9-23-10-13(8-21-23)22-16(24)14-15(18)20-5-4-19-14/h1-6,8,10H,7,9,17H2,(H2,18,20)(H,22,24). The van der Waals surface area contributed by atoms with Crippen molar-refractivity contribution in [3.05, 3.63) is 65.9 Å². The number of benzene rings is 1. The van der Waals surface area contributed by atoms with Gasteiger partial charge in [-0.05, 0) is 11.1 Å². The molecule has 2 aromatic heterocycles. The number of nitrogens with one attached hydrogen (secondary N) is 1. The predicted molar refractivity (Wildman–Crippen MR) is 90.1 cm³/mol. The molecule has 0 unspecified atom stereocenters. The Morgan fingerprint density at radius 3 is 2.79 bits per heavy atom. The minimum Gasteiger partial charge on any atom is -0.382 e. The highest BCUT2D eigenvalue weighted by Gasteiger charge is 2.13. The van der Waals surface area contributed by atoms with Crippen LogP contribution in [0.2, 0.25) is 0 Å². The minimum atomic E-state index is -0.426. The summed E-state index contributed by atoms with van der Waals surface area (Å²) in [6, 6.07) is 7.96. The van der Waals surface area contributed by atoms with Gasteiger partial charge in [-0.1, -0.05) is 24.3 Å². The zero-order valence-electron chi connectivity index (χ0n) is 12.9. The van der Waals surface area contributed by atoms with E-state index in [2.05, 4.69) is 20.4 Å². The van der Waals surface area contributed by atoms with E-state index in [1.54, 1.807) is 17.1 Å². The van der Waals surface area contributed by atoms with Crippen molar-refractivity contribution in [3.63, 3.8) is 0 Å². The second-order valence-corrected chi connectivity index (χ2v) is 5.19. The molecule has 0 atom stereocenters. The Hall–Kier alpha value is -3.26. The third-order valence-corrected chi connectivity index (χ3v) is 3.40. The third kappa shape index (κ3) is 3.55. The predicted octanol–water partition coefficient (Wildman–Crippen LogP) is 1.01. The lowest BCUT2D eigenvalue weighted by atomic mass is 10.1. The van der Waals surface area contributed by atoms with Gasteiger partial charge in [-0.15, -0.1) is 0 Å². The highest BCUT2D eigenvalue weighted by atomic mass is 16.1. The second-order valence-electron chi connectivity index (χ2n) is 5.19. The molecule has 0 aliphatic rings. The molecule has 0 aliphatic heterocycles. The fourth-order valence-electron chi connectivity index (χ4n) is 2.27. The van der Waals surface area contributed by atoms with Crippen molar-refractivity contribution in [1.29, 1.82) is 0 Å². The summed E-state index contributed by atoms with van der Waals surface area (Å²) in [5, 5.41) is 6.94. The highest BCUT2D eigenvalue weighted by molar-refractivity contribution is 6.05. The van der Waals surface area contributed by atoms with Gasteiger partial charge in [-0.3, -0.25) is 9.48 Å². The van der Waals surface area contributed by atoms with E-state index in [1.165, 1.54) is 12.4 Å². The van der Waals surface area contributed by atoms with Crippen molar-refractivity contribution in [2.75, 3.05) is 11.1 Å². The van der Waals surface area contributed by atoms with E-state index in [1.807, 2.05) is 24.3 Å². The SMILES string of the molecule is NCc1cccc(Cn2cc(NC(=O)c3nccnc3N)cn2)c1. The number of nitrogen functional groups attached to an aromatic ring is 1. The number of rotatable bonds is 5. The average Bonchev–Trinajstić information content (AvgIpc) is 3.02. The third-order valence-electron chi connectivity index (χ3n) is 3.40. The molecule has 0 fully saturated rings. The summed E-state index contributed by atoms with van der Waals surface area (Å²) in [6.07, 6.45) is 6.15. The molecular weight excluding hydrogens is 306 g/mol. The maximum atomic E-state index is 12.1. The van der Waals surface area contributed by atoms with E-state index >= 15 is 0 Å². The second kappa shape index (κ2) is 6.88. The number of amides is 1. The molecule has 8 heteroatoms. The lowest BCUT2D eigenvalue weighted by Gasteiger charge is -2.04. The Morgan fingerprint density at radius 2 is 2.00 bits per heavy atom. The van der Waals surface area contributed by atoms with Gasteiger partial charge in [-0.2, -0.15) is 5.10 Å². The molecule has 0 spiro atoms. The van der Waals surface area contributed by atoms with Crippen LogP contribution in [-0.4, -0.2) is 25.7 Å². The normalized spacial score (nSPS) is 10.5. The number of hydrogen-bond donors (Lipinski definition) is 3. The van der Waals surface area contributed by atoms with Gasteiger partial charge in [0.2, 0.25) is 0 Å². The topological polar surface area (TPSA) is 125 Å². The Labute approximate surface area is 138 Å². The average molecular weight is 323 g/mol. The monoisotopic (exact) mass is 323 g/mol. The first kappa shape index (κ1) is 15.6. The van der Waals surface area contributed by atoms with Crippen LogP contribution >= 0.6 is 0 Å². The van der Waals surface area contributed by atoms with Gasteiger partial charge in [0.25, 0.3) is 5.91 Å². The van der Waals surface area contributed by atoms with Crippen LogP contribution in [0.15, 0.2) is 49.1 Å². The Bertz CT molecular complexity index is 859. The highest BCUT2D eigenvalue weighted by Crippen LogP contribution is 2.12. The van der Waals surface area contributed by atoms with Crippen molar-refractivity contribution in [3.8, 4) is 0 Å². The van der Waals surface area contributed by atoms with Crippen LogP contribution in [0.3, 0.4) is 0 Å². The van der Waals surface area contributed by atoms with Crippen LogP contribution in [0.1, 0.15) is 21.6 Å². The number of anilines is 2. The van der Waals surface area contributed by atoms with Crippen LogP contribution in [-0.2, 0) is 13.1 Å². The van der Waals surface area contributed by atoms with Gasteiger partial charge in [-0.25, -0.2) is 9.97 Å². The number of aromatic nitrogens is 4. The first-order chi connectivity index (χ1) is 11.7. The van der Waals surface area contributed by atoms with Gasteiger partial charge in [0, 0.05) is 25.1 Å². The van der Waals surface area contributed by atoms with Crippen LogP contribution in [0.4, 0.5) is 11.5 Å². The summed E-state index contributed by atoms with van der Waals surface area (Å²) in [6.45, 7) is 1.07. The van der Waals surface area contributed by atoms with E-state index in [-0.39, 0.29) is 11.5 Å². The van der Waals surface area contributed by atoms with Gasteiger partial charge in [0.1, 0.15) is 0 Å². The Balaban J connectivity index is 1.69. The van der Waals surface area contributed by atoms with Crippen molar-refractivity contribution < 1.29 is 4.79 Å². The quantitative estimate of drug-likeness (QED) is 0.643. The largest absolute Gasteiger partial charge is 0.382 e. The van der Waals surface area contributed by atoms with Crippen LogP contribution in [0.25, 0.3) is 0 Å². The molecule has 122 valence electrons. The van der Waals surface area contributed by atoms with Gasteiger partial charge < -0.3 is 16.8 Å². The molecular formula is C16H17N7O. The van der Waals surface area contributed by atoms with E-state index in [0.29, 0.717) is 18.8 Å². The summed E-state index contributed by atoms with van der Waals surface area (Å²) < 4.78 is 1.73. The van der Waals surface area contributed by atoms with E-state index in [4.69, 9.17) is 11.5 Å². The molecule has 0 saturated heterocycles. The first-order valence-electron chi connectivity index (χ1n) is 7.34. The summed E-state index contributed by atoms with van der Waals surface area (Å²) in [5.41, 5.74) is 14.1. The molecule has 2 heterocycles. The maximum absolute atomic E-state index is 12.1. The number of carbonyl (C=O) groups is 1. The number of nitrogens with zero attached hydrogens (tertiary/aromatic N) is 4. The maximum Gasteiger partial charge on any atom is 0.278 e. The smallest absolute Gasteiger partial charge is 0.278 e. The van der Waals surface area contributed by atoms with Crippen molar-refractivity contribution in [1.82, 2.24) is 19.7 Å². The molecule has 24 heavy (non-hydrogen) atoms. The number of hydrogen-bond acceptors (Lipinski definition) is 6. The van der Waals surface area contributed by atoms with Gasteiger partial charge >= 0.3 is 0 Å². The zero-order chi connectivity index (χ0) is 16.9. The van der Waals surface area contributed by atoms with Gasteiger partial charge in [0.15, 0.2) is 11.5 Å².